The molecule has 2 N–H and O–H groups in total. The number of fused-ring (bicyclic) bond motifs is 1. The van der Waals surface area contributed by atoms with Crippen LogP contribution in [0.3, 0.4) is 0 Å². The summed E-state index contributed by atoms with van der Waals surface area (Å²) in [4.78, 5) is 27.8. The summed E-state index contributed by atoms with van der Waals surface area (Å²) in [7, 11) is 0. The number of carbonyl (C=O) groups is 2. The number of benzene rings is 1. The largest absolute Gasteiger partial charge is 0.352 e. The molecule has 2 atom stereocenters. The smallest absolute Gasteiger partial charge is 0.230 e. The average molecular weight is 387 g/mol. The topological polar surface area (TPSA) is 61.4 Å². The number of nitrogens with zero attached hydrogens (tertiary/aromatic N) is 1. The van der Waals surface area contributed by atoms with Gasteiger partial charge in [0.15, 0.2) is 0 Å². The number of rotatable bonds is 4. The molecule has 3 fully saturated rings. The standard InChI is InChI=1S/C22H30FN3O2/c23-19-6-4-16(5-7-19)13-25-20(27)17-8-11-26(12-9-17)21(28)22-10-2-1-3-18(22)14-24-15-22/h4-7,17-18,24H,1-3,8-15H2,(H,25,27)/t18-,22+/m0/s1. The fourth-order valence-electron chi connectivity index (χ4n) is 5.26. The summed E-state index contributed by atoms with van der Waals surface area (Å²) in [6.45, 7) is 3.53. The lowest BCUT2D eigenvalue weighted by atomic mass is 9.67. The summed E-state index contributed by atoms with van der Waals surface area (Å²) in [6.07, 6.45) is 5.97. The summed E-state index contributed by atoms with van der Waals surface area (Å²) >= 11 is 0. The Bertz CT molecular complexity index is 715. The fourth-order valence-corrected chi connectivity index (χ4v) is 5.26. The zero-order valence-electron chi connectivity index (χ0n) is 16.4. The van der Waals surface area contributed by atoms with Crippen molar-refractivity contribution >= 4 is 11.8 Å². The van der Waals surface area contributed by atoms with E-state index in [1.807, 2.05) is 4.90 Å². The van der Waals surface area contributed by atoms with Crippen molar-refractivity contribution in [2.75, 3.05) is 26.2 Å². The van der Waals surface area contributed by atoms with Crippen molar-refractivity contribution in [2.24, 2.45) is 17.3 Å². The lowest BCUT2D eigenvalue weighted by Crippen LogP contribution is -2.52. The van der Waals surface area contributed by atoms with Gasteiger partial charge in [0.25, 0.3) is 0 Å². The number of hydrogen-bond acceptors (Lipinski definition) is 3. The first-order chi connectivity index (χ1) is 13.6. The van der Waals surface area contributed by atoms with Gasteiger partial charge in [0.2, 0.25) is 11.8 Å². The molecule has 0 aromatic heterocycles. The molecule has 5 nitrogen and oxygen atoms in total. The van der Waals surface area contributed by atoms with Gasteiger partial charge in [-0.2, -0.15) is 0 Å². The third-order valence-corrected chi connectivity index (χ3v) is 7.00. The third-order valence-electron chi connectivity index (χ3n) is 7.00. The van der Waals surface area contributed by atoms with E-state index in [0.717, 1.165) is 50.8 Å². The van der Waals surface area contributed by atoms with E-state index in [1.54, 1.807) is 12.1 Å². The molecule has 3 aliphatic rings. The lowest BCUT2D eigenvalue weighted by molar-refractivity contribution is -0.148. The molecule has 1 aromatic rings. The molecule has 2 amide bonds. The first kappa shape index (κ1) is 19.4. The molecule has 1 aromatic carbocycles. The van der Waals surface area contributed by atoms with E-state index in [-0.39, 0.29) is 23.1 Å². The minimum absolute atomic E-state index is 0.0349. The Morgan fingerprint density at radius 2 is 1.89 bits per heavy atom. The number of likely N-dealkylation sites (tertiary alicyclic amines) is 1. The molecule has 1 aliphatic carbocycles. The summed E-state index contributed by atoms with van der Waals surface area (Å²) < 4.78 is 13.0. The van der Waals surface area contributed by atoms with Crippen LogP contribution in [0.1, 0.15) is 44.1 Å². The van der Waals surface area contributed by atoms with E-state index >= 15 is 0 Å². The van der Waals surface area contributed by atoms with Crippen LogP contribution in [0.4, 0.5) is 4.39 Å². The van der Waals surface area contributed by atoms with Gasteiger partial charge >= 0.3 is 0 Å². The Balaban J connectivity index is 1.28. The van der Waals surface area contributed by atoms with Crippen LogP contribution >= 0.6 is 0 Å². The molecule has 4 rings (SSSR count). The van der Waals surface area contributed by atoms with Gasteiger partial charge in [0, 0.05) is 32.1 Å². The molecule has 152 valence electrons. The average Bonchev–Trinajstić information content (AvgIpc) is 3.18. The van der Waals surface area contributed by atoms with Crippen LogP contribution < -0.4 is 10.6 Å². The molecule has 0 radical (unpaired) electrons. The van der Waals surface area contributed by atoms with Crippen LogP contribution in [0.25, 0.3) is 0 Å². The maximum Gasteiger partial charge on any atom is 0.230 e. The number of amides is 2. The SMILES string of the molecule is O=C(NCc1ccc(F)cc1)C1CCN(C(=O)[C@@]23CCCC[C@H]2CNC3)CC1. The van der Waals surface area contributed by atoms with Crippen molar-refractivity contribution < 1.29 is 14.0 Å². The molecule has 2 heterocycles. The monoisotopic (exact) mass is 387 g/mol. The Morgan fingerprint density at radius 1 is 1.14 bits per heavy atom. The lowest BCUT2D eigenvalue weighted by Gasteiger charge is -2.42. The zero-order chi connectivity index (χ0) is 19.6. The molecular weight excluding hydrogens is 357 g/mol. The van der Waals surface area contributed by atoms with Gasteiger partial charge < -0.3 is 15.5 Å². The Labute approximate surface area is 166 Å². The number of halogens is 1. The molecule has 0 bridgehead atoms. The minimum Gasteiger partial charge on any atom is -0.352 e. The van der Waals surface area contributed by atoms with Gasteiger partial charge in [0.05, 0.1) is 5.41 Å². The second-order valence-electron chi connectivity index (χ2n) is 8.64. The molecule has 2 aliphatic heterocycles. The van der Waals surface area contributed by atoms with Crippen molar-refractivity contribution in [2.45, 2.75) is 45.1 Å². The highest BCUT2D eigenvalue weighted by Crippen LogP contribution is 2.45. The Morgan fingerprint density at radius 3 is 2.64 bits per heavy atom. The van der Waals surface area contributed by atoms with Crippen molar-refractivity contribution in [3.63, 3.8) is 0 Å². The van der Waals surface area contributed by atoms with Crippen molar-refractivity contribution in [3.05, 3.63) is 35.6 Å². The predicted molar refractivity (Wildman–Crippen MR) is 105 cm³/mol. The van der Waals surface area contributed by atoms with E-state index in [1.165, 1.54) is 18.6 Å². The summed E-state index contributed by atoms with van der Waals surface area (Å²) in [5, 5.41) is 6.41. The molecule has 0 spiro atoms. The van der Waals surface area contributed by atoms with Crippen molar-refractivity contribution in [3.8, 4) is 0 Å². The van der Waals surface area contributed by atoms with Crippen molar-refractivity contribution in [1.82, 2.24) is 15.5 Å². The predicted octanol–water partition coefficient (Wildman–Crippen LogP) is 2.46. The maximum absolute atomic E-state index is 13.3. The van der Waals surface area contributed by atoms with Gasteiger partial charge in [0.1, 0.15) is 5.82 Å². The second kappa shape index (κ2) is 8.19. The van der Waals surface area contributed by atoms with Gasteiger partial charge in [-0.25, -0.2) is 4.39 Å². The van der Waals surface area contributed by atoms with Gasteiger partial charge in [-0.1, -0.05) is 25.0 Å². The molecule has 1 saturated carbocycles. The first-order valence-electron chi connectivity index (χ1n) is 10.6. The van der Waals surface area contributed by atoms with Crippen LogP contribution in [0.2, 0.25) is 0 Å². The normalized spacial score (nSPS) is 28.0. The molecule has 28 heavy (non-hydrogen) atoms. The quantitative estimate of drug-likeness (QED) is 0.834. The van der Waals surface area contributed by atoms with Crippen LogP contribution in [0.15, 0.2) is 24.3 Å². The number of nitrogens with one attached hydrogen (secondary N) is 2. The van der Waals surface area contributed by atoms with Gasteiger partial charge in [-0.3, -0.25) is 9.59 Å². The van der Waals surface area contributed by atoms with E-state index in [2.05, 4.69) is 10.6 Å². The van der Waals surface area contributed by atoms with E-state index in [4.69, 9.17) is 0 Å². The van der Waals surface area contributed by atoms with Gasteiger partial charge in [-0.05, 0) is 55.8 Å². The molecule has 6 heteroatoms. The minimum atomic E-state index is -0.274. The highest BCUT2D eigenvalue weighted by atomic mass is 19.1. The summed E-state index contributed by atoms with van der Waals surface area (Å²) in [6, 6.07) is 6.18. The molecule has 0 unspecified atom stereocenters. The number of carbonyl (C=O) groups excluding carboxylic acids is 2. The third kappa shape index (κ3) is 3.79. The number of hydrogen-bond donors (Lipinski definition) is 2. The Kier molecular flexibility index (Phi) is 5.67. The fraction of sp³-hybridized carbons (Fsp3) is 0.636. The summed E-state index contributed by atoms with van der Waals surface area (Å²) in [5.41, 5.74) is 0.689. The van der Waals surface area contributed by atoms with E-state index in [9.17, 15) is 14.0 Å². The number of piperidine rings is 1. The van der Waals surface area contributed by atoms with Crippen LogP contribution in [0.5, 0.6) is 0 Å². The summed E-state index contributed by atoms with van der Waals surface area (Å²) in [5.74, 6) is 0.501. The highest BCUT2D eigenvalue weighted by Gasteiger charge is 2.51. The maximum atomic E-state index is 13.3. The molecular formula is C22H30FN3O2. The Hall–Kier alpha value is -1.95. The van der Waals surface area contributed by atoms with E-state index in [0.29, 0.717) is 31.5 Å². The zero-order valence-corrected chi connectivity index (χ0v) is 16.4. The van der Waals surface area contributed by atoms with E-state index < -0.39 is 0 Å². The molecule has 2 saturated heterocycles. The first-order valence-corrected chi connectivity index (χ1v) is 10.6. The van der Waals surface area contributed by atoms with Crippen LogP contribution in [0, 0.1) is 23.1 Å². The van der Waals surface area contributed by atoms with Crippen LogP contribution in [-0.2, 0) is 16.1 Å². The van der Waals surface area contributed by atoms with Crippen LogP contribution in [-0.4, -0.2) is 42.9 Å². The van der Waals surface area contributed by atoms with Gasteiger partial charge in [-0.15, -0.1) is 0 Å². The second-order valence-corrected chi connectivity index (χ2v) is 8.64. The van der Waals surface area contributed by atoms with Crippen molar-refractivity contribution in [1.29, 1.82) is 0 Å². The highest BCUT2D eigenvalue weighted by molar-refractivity contribution is 5.85.